The number of esters is 1. The number of hydrogen-bond acceptors (Lipinski definition) is 7. The second kappa shape index (κ2) is 8.59. The Kier molecular flexibility index (Phi) is 6.13. The van der Waals surface area contributed by atoms with Crippen molar-refractivity contribution >= 4 is 33.3 Å². The molecule has 10 nitrogen and oxygen atoms in total. The summed E-state index contributed by atoms with van der Waals surface area (Å²) in [6.45, 7) is 1.30. The molecule has 0 bridgehead atoms. The Morgan fingerprint density at radius 2 is 1.87 bits per heavy atom. The summed E-state index contributed by atoms with van der Waals surface area (Å²) < 4.78 is 32.2. The Morgan fingerprint density at radius 1 is 1.17 bits per heavy atom. The lowest BCUT2D eigenvalue weighted by molar-refractivity contribution is -0.383. The van der Waals surface area contributed by atoms with Gasteiger partial charge in [-0.15, -0.1) is 0 Å². The van der Waals surface area contributed by atoms with E-state index >= 15 is 0 Å². The Hall–Kier alpha value is -3.31. The molecule has 30 heavy (non-hydrogen) atoms. The molecule has 1 saturated carbocycles. The third-order valence-electron chi connectivity index (χ3n) is 4.29. The standard InChI is InChI=1S/C19H19N3O7S/c1-12(18(23)20-16-7-2-3-8-17(16)22(25)26)29-19(24)13-5-4-6-15(11-13)30(27,28)21-14-9-10-14/h2-8,11-12,14,21H,9-10H2,1H3,(H,20,23). The normalized spacial score (nSPS) is 14.6. The second-order valence-electron chi connectivity index (χ2n) is 6.73. The number of nitro groups is 1. The minimum Gasteiger partial charge on any atom is -0.449 e. The third kappa shape index (κ3) is 5.19. The number of hydrogen-bond donors (Lipinski definition) is 2. The number of ether oxygens (including phenoxy) is 1. The average Bonchev–Trinajstić information content (AvgIpc) is 3.51. The number of rotatable bonds is 8. The van der Waals surface area contributed by atoms with Crippen LogP contribution >= 0.6 is 0 Å². The minimum atomic E-state index is -3.75. The monoisotopic (exact) mass is 433 g/mol. The number of amides is 1. The van der Waals surface area contributed by atoms with E-state index in [0.717, 1.165) is 12.8 Å². The molecule has 1 aliphatic rings. The van der Waals surface area contributed by atoms with Gasteiger partial charge in [-0.1, -0.05) is 18.2 Å². The second-order valence-corrected chi connectivity index (χ2v) is 8.45. The highest BCUT2D eigenvalue weighted by Gasteiger charge is 2.29. The zero-order chi connectivity index (χ0) is 21.9. The summed E-state index contributed by atoms with van der Waals surface area (Å²) in [5.41, 5.74) is -0.376. The number of para-hydroxylation sites is 2. The number of carbonyl (C=O) groups is 2. The number of benzene rings is 2. The smallest absolute Gasteiger partial charge is 0.338 e. The van der Waals surface area contributed by atoms with Crippen molar-refractivity contribution in [3.05, 3.63) is 64.2 Å². The average molecular weight is 433 g/mol. The van der Waals surface area contributed by atoms with Crippen LogP contribution in [0, 0.1) is 10.1 Å². The number of anilines is 1. The van der Waals surface area contributed by atoms with Crippen LogP contribution in [0.2, 0.25) is 0 Å². The van der Waals surface area contributed by atoms with E-state index < -0.39 is 32.9 Å². The van der Waals surface area contributed by atoms with Crippen LogP contribution in [0.5, 0.6) is 0 Å². The molecule has 1 atom stereocenters. The number of sulfonamides is 1. The highest BCUT2D eigenvalue weighted by molar-refractivity contribution is 7.89. The highest BCUT2D eigenvalue weighted by Crippen LogP contribution is 2.24. The van der Waals surface area contributed by atoms with E-state index in [4.69, 9.17) is 4.74 Å². The van der Waals surface area contributed by atoms with Gasteiger partial charge in [-0.05, 0) is 44.0 Å². The van der Waals surface area contributed by atoms with Crippen molar-refractivity contribution in [2.45, 2.75) is 36.8 Å². The SMILES string of the molecule is CC(OC(=O)c1cccc(S(=O)(=O)NC2CC2)c1)C(=O)Nc1ccccc1[N+](=O)[O-]. The van der Waals surface area contributed by atoms with Crippen LogP contribution in [0.3, 0.4) is 0 Å². The topological polar surface area (TPSA) is 145 Å². The lowest BCUT2D eigenvalue weighted by Gasteiger charge is -2.14. The van der Waals surface area contributed by atoms with Crippen molar-refractivity contribution in [3.63, 3.8) is 0 Å². The lowest BCUT2D eigenvalue weighted by Crippen LogP contribution is -2.30. The van der Waals surface area contributed by atoms with Crippen molar-refractivity contribution in [1.29, 1.82) is 0 Å². The van der Waals surface area contributed by atoms with Crippen LogP contribution in [0.15, 0.2) is 53.4 Å². The lowest BCUT2D eigenvalue weighted by atomic mass is 10.2. The van der Waals surface area contributed by atoms with Gasteiger partial charge in [0.05, 0.1) is 15.4 Å². The third-order valence-corrected chi connectivity index (χ3v) is 5.81. The van der Waals surface area contributed by atoms with Gasteiger partial charge in [0, 0.05) is 12.1 Å². The van der Waals surface area contributed by atoms with E-state index in [1.807, 2.05) is 0 Å². The summed E-state index contributed by atoms with van der Waals surface area (Å²) in [6.07, 6.45) is 0.266. The molecule has 3 rings (SSSR count). The van der Waals surface area contributed by atoms with Gasteiger partial charge in [0.15, 0.2) is 6.10 Å². The van der Waals surface area contributed by atoms with Gasteiger partial charge in [0.2, 0.25) is 10.0 Å². The molecule has 0 radical (unpaired) electrons. The zero-order valence-corrected chi connectivity index (χ0v) is 16.7. The molecule has 0 spiro atoms. The first kappa shape index (κ1) is 21.4. The number of carbonyl (C=O) groups excluding carboxylic acids is 2. The van der Waals surface area contributed by atoms with Crippen LogP contribution in [-0.2, 0) is 19.6 Å². The summed E-state index contributed by atoms with van der Waals surface area (Å²) in [6, 6.07) is 10.8. The van der Waals surface area contributed by atoms with Crippen LogP contribution < -0.4 is 10.0 Å². The van der Waals surface area contributed by atoms with Gasteiger partial charge in [-0.25, -0.2) is 17.9 Å². The maximum Gasteiger partial charge on any atom is 0.338 e. The van der Waals surface area contributed by atoms with E-state index in [9.17, 15) is 28.1 Å². The summed E-state index contributed by atoms with van der Waals surface area (Å²) in [5.74, 6) is -1.67. The molecule has 1 aliphatic carbocycles. The van der Waals surface area contributed by atoms with Crippen LogP contribution in [0.25, 0.3) is 0 Å². The molecule has 0 saturated heterocycles. The van der Waals surface area contributed by atoms with E-state index in [1.165, 1.54) is 55.5 Å². The Morgan fingerprint density at radius 3 is 2.53 bits per heavy atom. The summed E-state index contributed by atoms with van der Waals surface area (Å²) in [4.78, 5) is 35.0. The molecule has 0 aromatic heterocycles. The predicted molar refractivity (Wildman–Crippen MR) is 106 cm³/mol. The van der Waals surface area contributed by atoms with E-state index in [-0.39, 0.29) is 27.9 Å². The molecule has 0 heterocycles. The zero-order valence-electron chi connectivity index (χ0n) is 15.9. The minimum absolute atomic E-state index is 0.0327. The number of nitrogens with one attached hydrogen (secondary N) is 2. The first-order valence-corrected chi connectivity index (χ1v) is 10.5. The maximum atomic E-state index is 12.4. The molecule has 1 unspecified atom stereocenters. The predicted octanol–water partition coefficient (Wildman–Crippen LogP) is 2.22. The maximum absolute atomic E-state index is 12.4. The largest absolute Gasteiger partial charge is 0.449 e. The van der Waals surface area contributed by atoms with E-state index in [0.29, 0.717) is 0 Å². The quantitative estimate of drug-likeness (QED) is 0.369. The fourth-order valence-corrected chi connectivity index (χ4v) is 3.88. The molecule has 0 aliphatic heterocycles. The van der Waals surface area contributed by atoms with Gasteiger partial charge in [-0.2, -0.15) is 0 Å². The molecule has 1 fully saturated rings. The Labute approximate surface area is 172 Å². The van der Waals surface area contributed by atoms with Gasteiger partial charge in [0.25, 0.3) is 11.6 Å². The first-order valence-electron chi connectivity index (χ1n) is 9.05. The fraction of sp³-hybridized carbons (Fsp3) is 0.263. The van der Waals surface area contributed by atoms with Gasteiger partial charge in [-0.3, -0.25) is 14.9 Å². The molecule has 11 heteroatoms. The van der Waals surface area contributed by atoms with Crippen LogP contribution in [-0.4, -0.2) is 37.4 Å². The van der Waals surface area contributed by atoms with Crippen molar-refractivity contribution in [3.8, 4) is 0 Å². The Bertz CT molecular complexity index is 1100. The number of nitrogens with zero attached hydrogens (tertiary/aromatic N) is 1. The van der Waals surface area contributed by atoms with Crippen LogP contribution in [0.4, 0.5) is 11.4 Å². The summed E-state index contributed by atoms with van der Waals surface area (Å²) >= 11 is 0. The molecule has 2 N–H and O–H groups in total. The van der Waals surface area contributed by atoms with E-state index in [1.54, 1.807) is 0 Å². The van der Waals surface area contributed by atoms with Gasteiger partial charge >= 0.3 is 5.97 Å². The Balaban J connectivity index is 1.67. The van der Waals surface area contributed by atoms with Gasteiger partial charge in [0.1, 0.15) is 5.69 Å². The molecule has 2 aromatic carbocycles. The molecule has 158 valence electrons. The first-order chi connectivity index (χ1) is 14.2. The molecule has 1 amide bonds. The molecule has 2 aromatic rings. The summed E-state index contributed by atoms with van der Waals surface area (Å²) in [5, 5.41) is 13.4. The van der Waals surface area contributed by atoms with Crippen molar-refractivity contribution in [1.82, 2.24) is 4.72 Å². The highest BCUT2D eigenvalue weighted by atomic mass is 32.2. The van der Waals surface area contributed by atoms with E-state index in [2.05, 4.69) is 10.0 Å². The number of nitro benzene ring substituents is 1. The fourth-order valence-electron chi connectivity index (χ4n) is 2.53. The summed E-state index contributed by atoms with van der Waals surface area (Å²) in [7, 11) is -3.75. The van der Waals surface area contributed by atoms with Gasteiger partial charge < -0.3 is 10.1 Å². The molecular formula is C19H19N3O7S. The van der Waals surface area contributed by atoms with Crippen molar-refractivity contribution in [2.24, 2.45) is 0 Å². The van der Waals surface area contributed by atoms with Crippen LogP contribution in [0.1, 0.15) is 30.1 Å². The van der Waals surface area contributed by atoms with Crippen molar-refractivity contribution < 1.29 is 27.7 Å². The molecular weight excluding hydrogens is 414 g/mol. The van der Waals surface area contributed by atoms with Crippen molar-refractivity contribution in [2.75, 3.05) is 5.32 Å².